The maximum Gasteiger partial charge on any atom is 0.206 e. The van der Waals surface area contributed by atoms with Gasteiger partial charge in [0.25, 0.3) is 0 Å². The van der Waals surface area contributed by atoms with Crippen molar-refractivity contribution in [1.82, 2.24) is 0 Å². The fourth-order valence-corrected chi connectivity index (χ4v) is 2.84. The summed E-state index contributed by atoms with van der Waals surface area (Å²) in [6, 6.07) is 4.84. The molecule has 1 rings (SSSR count). The highest BCUT2D eigenvalue weighted by Crippen LogP contribution is 2.28. The van der Waals surface area contributed by atoms with Crippen LogP contribution < -0.4 is 9.62 Å². The van der Waals surface area contributed by atoms with Gasteiger partial charge in [-0.05, 0) is 42.4 Å². The number of carbonyl (C=O) groups excluding carboxylic acids is 1. The average Bonchev–Trinajstić information content (AvgIpc) is 2.59. The molecule has 25 heavy (non-hydrogen) atoms. The molecule has 0 saturated carbocycles. The Bertz CT molecular complexity index is 527. The van der Waals surface area contributed by atoms with Crippen molar-refractivity contribution in [3.05, 3.63) is 23.8 Å². The Kier molecular flexibility index (Phi) is 9.53. The number of hydrogen-bond acceptors (Lipinski definition) is 5. The van der Waals surface area contributed by atoms with Crippen LogP contribution in [-0.4, -0.2) is 29.4 Å². The van der Waals surface area contributed by atoms with Crippen molar-refractivity contribution in [3.8, 4) is 11.5 Å². The lowest BCUT2D eigenvalue weighted by Gasteiger charge is -2.15. The maximum absolute atomic E-state index is 12.2. The molecule has 5 nitrogen and oxygen atoms in total. The number of ether oxygens (including phenoxy) is 1. The summed E-state index contributed by atoms with van der Waals surface area (Å²) in [6.07, 6.45) is 4.10. The third-order valence-corrected chi connectivity index (χ3v) is 4.49. The summed E-state index contributed by atoms with van der Waals surface area (Å²) in [7, 11) is 1.46. The number of ketones is 1. The monoisotopic (exact) mass is 352 g/mol. The molecule has 0 spiro atoms. The molecule has 2 atom stereocenters. The predicted molar refractivity (Wildman–Crippen MR) is 98.1 cm³/mol. The number of aliphatic hydroxyl groups excluding tert-OH is 1. The van der Waals surface area contributed by atoms with E-state index in [1.807, 2.05) is 0 Å². The quantitative estimate of drug-likeness (QED) is 0.434. The molecule has 1 aromatic rings. The summed E-state index contributed by atoms with van der Waals surface area (Å²) in [5, 5.41) is 18.9. The summed E-state index contributed by atoms with van der Waals surface area (Å²) in [5.41, 5.74) is 0.715. The summed E-state index contributed by atoms with van der Waals surface area (Å²) >= 11 is 0. The van der Waals surface area contributed by atoms with E-state index in [1.54, 1.807) is 12.1 Å². The number of benzene rings is 1. The Morgan fingerprint density at radius 3 is 2.40 bits per heavy atom. The van der Waals surface area contributed by atoms with E-state index in [-0.39, 0.29) is 18.0 Å². The zero-order valence-corrected chi connectivity index (χ0v) is 15.8. The van der Waals surface area contributed by atoms with Crippen molar-refractivity contribution in [2.75, 3.05) is 7.11 Å². The second-order valence-electron chi connectivity index (χ2n) is 7.24. The number of rotatable bonds is 12. The molecular formula is C20H32O5. The minimum absolute atomic E-state index is 0.130. The molecule has 0 aliphatic carbocycles. The standard InChI is InChI=1S/C20H32O5/c1-14(2)6-5-7-15(3)8-10-17(21)18(22)12-16-9-11-19(25-23)20(13-16)24-4/h9,11,13-15,17,21,23H,5-8,10,12H2,1-4H3/t15-,17?/m0/s1. The van der Waals surface area contributed by atoms with Crippen molar-refractivity contribution < 1.29 is 24.8 Å². The first-order valence-corrected chi connectivity index (χ1v) is 9.06. The molecule has 5 heteroatoms. The summed E-state index contributed by atoms with van der Waals surface area (Å²) in [6.45, 7) is 6.62. The highest BCUT2D eigenvalue weighted by Gasteiger charge is 2.18. The van der Waals surface area contributed by atoms with Crippen molar-refractivity contribution in [2.45, 2.75) is 65.4 Å². The Hall–Kier alpha value is -1.59. The lowest BCUT2D eigenvalue weighted by Crippen LogP contribution is -2.23. The average molecular weight is 352 g/mol. The normalized spacial score (nSPS) is 13.6. The Labute approximate surface area is 150 Å². The van der Waals surface area contributed by atoms with Crippen LogP contribution in [0.3, 0.4) is 0 Å². The van der Waals surface area contributed by atoms with Gasteiger partial charge in [0.1, 0.15) is 6.10 Å². The van der Waals surface area contributed by atoms with E-state index in [2.05, 4.69) is 25.7 Å². The van der Waals surface area contributed by atoms with Gasteiger partial charge in [0.05, 0.1) is 7.11 Å². The van der Waals surface area contributed by atoms with E-state index in [4.69, 9.17) is 9.99 Å². The molecule has 0 saturated heterocycles. The summed E-state index contributed by atoms with van der Waals surface area (Å²) in [5.74, 6) is 1.57. The van der Waals surface area contributed by atoms with Gasteiger partial charge in [-0.25, -0.2) is 5.26 Å². The molecule has 0 bridgehead atoms. The molecule has 1 unspecified atom stereocenters. The molecule has 0 radical (unpaired) electrons. The number of carbonyl (C=O) groups is 1. The summed E-state index contributed by atoms with van der Waals surface area (Å²) in [4.78, 5) is 16.4. The Balaban J connectivity index is 2.43. The first-order valence-electron chi connectivity index (χ1n) is 9.06. The van der Waals surface area contributed by atoms with Crippen LogP contribution in [0.5, 0.6) is 11.5 Å². The Morgan fingerprint density at radius 2 is 1.80 bits per heavy atom. The van der Waals surface area contributed by atoms with Gasteiger partial charge in [0, 0.05) is 6.42 Å². The van der Waals surface area contributed by atoms with Gasteiger partial charge in [0.15, 0.2) is 11.5 Å². The van der Waals surface area contributed by atoms with Gasteiger partial charge < -0.3 is 14.7 Å². The smallest absolute Gasteiger partial charge is 0.206 e. The van der Waals surface area contributed by atoms with Crippen LogP contribution in [-0.2, 0) is 11.2 Å². The van der Waals surface area contributed by atoms with Gasteiger partial charge >= 0.3 is 0 Å². The van der Waals surface area contributed by atoms with E-state index in [0.29, 0.717) is 23.7 Å². The summed E-state index contributed by atoms with van der Waals surface area (Å²) < 4.78 is 5.09. The van der Waals surface area contributed by atoms with Crippen molar-refractivity contribution in [1.29, 1.82) is 0 Å². The lowest BCUT2D eigenvalue weighted by molar-refractivity contribution is -0.139. The molecule has 0 amide bonds. The highest BCUT2D eigenvalue weighted by atomic mass is 17.1. The van der Waals surface area contributed by atoms with Gasteiger partial charge in [-0.2, -0.15) is 0 Å². The van der Waals surface area contributed by atoms with Crippen LogP contribution in [0.1, 0.15) is 58.4 Å². The van der Waals surface area contributed by atoms with Crippen molar-refractivity contribution in [2.24, 2.45) is 11.8 Å². The zero-order valence-electron chi connectivity index (χ0n) is 15.8. The van der Waals surface area contributed by atoms with Crippen LogP contribution in [0.2, 0.25) is 0 Å². The molecule has 0 aliphatic heterocycles. The molecule has 0 fully saturated rings. The fraction of sp³-hybridized carbons (Fsp3) is 0.650. The Morgan fingerprint density at radius 1 is 1.08 bits per heavy atom. The number of aliphatic hydroxyl groups is 1. The SMILES string of the molecule is COc1cc(CC(=O)C(O)CC[C@@H](C)CCCC(C)C)ccc1OO. The first kappa shape index (κ1) is 21.5. The van der Waals surface area contributed by atoms with Gasteiger partial charge in [-0.3, -0.25) is 4.79 Å². The van der Waals surface area contributed by atoms with Crippen LogP contribution in [0.15, 0.2) is 18.2 Å². The minimum atomic E-state index is -0.938. The maximum atomic E-state index is 12.2. The van der Waals surface area contributed by atoms with Crippen LogP contribution in [0, 0.1) is 11.8 Å². The van der Waals surface area contributed by atoms with Crippen molar-refractivity contribution >= 4 is 5.78 Å². The molecule has 0 aromatic heterocycles. The van der Waals surface area contributed by atoms with Crippen molar-refractivity contribution in [3.63, 3.8) is 0 Å². The predicted octanol–water partition coefficient (Wildman–Crippen LogP) is 4.26. The molecule has 0 aliphatic rings. The molecule has 0 heterocycles. The fourth-order valence-electron chi connectivity index (χ4n) is 2.84. The van der Waals surface area contributed by atoms with E-state index in [9.17, 15) is 9.90 Å². The second-order valence-corrected chi connectivity index (χ2v) is 7.24. The van der Waals surface area contributed by atoms with E-state index >= 15 is 0 Å². The number of methoxy groups -OCH3 is 1. The minimum Gasteiger partial charge on any atom is -0.493 e. The first-order chi connectivity index (χ1) is 11.9. The largest absolute Gasteiger partial charge is 0.493 e. The molecular weight excluding hydrogens is 320 g/mol. The van der Waals surface area contributed by atoms with Crippen LogP contribution in [0.25, 0.3) is 0 Å². The van der Waals surface area contributed by atoms with E-state index in [0.717, 1.165) is 18.8 Å². The number of Topliss-reactive ketones (excluding diaryl/α,β-unsaturated/α-hetero) is 1. The van der Waals surface area contributed by atoms with Gasteiger partial charge in [0.2, 0.25) is 5.75 Å². The molecule has 2 N–H and O–H groups in total. The lowest BCUT2D eigenvalue weighted by atomic mass is 9.93. The number of hydrogen-bond donors (Lipinski definition) is 2. The molecule has 142 valence electrons. The zero-order chi connectivity index (χ0) is 18.8. The second kappa shape index (κ2) is 11.1. The third-order valence-electron chi connectivity index (χ3n) is 4.49. The van der Waals surface area contributed by atoms with Crippen LogP contribution >= 0.6 is 0 Å². The third kappa shape index (κ3) is 7.88. The van der Waals surface area contributed by atoms with Crippen LogP contribution in [0.4, 0.5) is 0 Å². The topological polar surface area (TPSA) is 76.0 Å². The van der Waals surface area contributed by atoms with Gasteiger partial charge in [-0.15, -0.1) is 0 Å². The van der Waals surface area contributed by atoms with E-state index in [1.165, 1.54) is 26.0 Å². The van der Waals surface area contributed by atoms with Gasteiger partial charge in [-0.1, -0.05) is 46.1 Å². The van der Waals surface area contributed by atoms with E-state index < -0.39 is 6.10 Å². The highest BCUT2D eigenvalue weighted by molar-refractivity contribution is 5.85. The molecule has 1 aromatic carbocycles.